The lowest BCUT2D eigenvalue weighted by molar-refractivity contribution is -0.460. The number of Topliss-reactive ketones (excluding diaryl/α,β-unsaturated/α-hetero) is 1. The summed E-state index contributed by atoms with van der Waals surface area (Å²) in [5.41, 5.74) is 0. The molecular weight excluding hydrogens is 552 g/mol. The van der Waals surface area contributed by atoms with Crippen LogP contribution in [0.2, 0.25) is 0 Å². The zero-order valence-corrected chi connectivity index (χ0v) is 29.4. The predicted octanol–water partition coefficient (Wildman–Crippen LogP) is 12.3. The van der Waals surface area contributed by atoms with E-state index in [0.717, 1.165) is 38.5 Å². The second-order valence-corrected chi connectivity index (χ2v) is 13.2. The Morgan fingerprint density at radius 2 is 0.750 bits per heavy atom. The maximum atomic E-state index is 12.3. The summed E-state index contributed by atoms with van der Waals surface area (Å²) in [5, 5.41) is 4.44. The Labute approximate surface area is 272 Å². The number of ketones is 1. The molecule has 6 heteroatoms. The van der Waals surface area contributed by atoms with E-state index in [1.54, 1.807) is 0 Å². The molecule has 260 valence electrons. The van der Waals surface area contributed by atoms with E-state index in [1.807, 2.05) is 0 Å². The highest BCUT2D eigenvalue weighted by molar-refractivity contribution is 5.97. The van der Waals surface area contributed by atoms with Gasteiger partial charge < -0.3 is 0 Å². The molecule has 0 bridgehead atoms. The van der Waals surface area contributed by atoms with Gasteiger partial charge in [0.25, 0.3) is 0 Å². The fourth-order valence-electron chi connectivity index (χ4n) is 5.86. The van der Waals surface area contributed by atoms with Crippen LogP contribution in [0.4, 0.5) is 0 Å². The van der Waals surface area contributed by atoms with Crippen molar-refractivity contribution in [2.45, 2.75) is 220 Å². The summed E-state index contributed by atoms with van der Waals surface area (Å²) in [6.45, 7) is 5.91. The summed E-state index contributed by atoms with van der Waals surface area (Å²) in [4.78, 5) is 45.3. The smallest absolute Gasteiger partial charge is 0.299 e. The lowest BCUT2D eigenvalue weighted by atomic mass is 9.97. The molecule has 1 unspecified atom stereocenters. The van der Waals surface area contributed by atoms with Gasteiger partial charge in [0, 0.05) is 11.5 Å². The van der Waals surface area contributed by atoms with Crippen LogP contribution in [0.25, 0.3) is 0 Å². The highest BCUT2D eigenvalue weighted by Gasteiger charge is 2.26. The molecule has 0 fully saturated rings. The van der Waals surface area contributed by atoms with Crippen molar-refractivity contribution in [2.24, 2.45) is 5.92 Å². The Kier molecular flexibility index (Phi) is 33.3. The van der Waals surface area contributed by atoms with E-state index in [1.165, 1.54) is 155 Å². The Bertz CT molecular complexity index is 649. The molecule has 0 aliphatic rings. The lowest BCUT2D eigenvalue weighted by Gasteiger charge is -2.11. The molecule has 44 heavy (non-hydrogen) atoms. The number of hydrogen-bond acceptors (Lipinski definition) is 6. The molecule has 0 aromatic heterocycles. The second-order valence-electron chi connectivity index (χ2n) is 13.2. The van der Waals surface area contributed by atoms with Crippen molar-refractivity contribution in [1.29, 1.82) is 0 Å². The Morgan fingerprint density at radius 3 is 1.09 bits per heavy atom. The number of rotatable bonds is 35. The Balaban J connectivity index is 3.61. The van der Waals surface area contributed by atoms with Gasteiger partial charge in [-0.05, 0) is 19.8 Å². The first kappa shape index (κ1) is 42.6. The summed E-state index contributed by atoms with van der Waals surface area (Å²) < 4.78 is 0. The average Bonchev–Trinajstić information content (AvgIpc) is 3.00. The first-order chi connectivity index (χ1) is 21.5. The quantitative estimate of drug-likeness (QED) is 0.0302. The van der Waals surface area contributed by atoms with Gasteiger partial charge in [-0.2, -0.15) is 0 Å². The van der Waals surface area contributed by atoms with Crippen molar-refractivity contribution >= 4 is 17.7 Å². The number of carbonyl (C=O) groups is 3. The molecule has 0 rings (SSSR count). The van der Waals surface area contributed by atoms with E-state index in [4.69, 9.17) is 0 Å². The minimum absolute atomic E-state index is 0.227. The largest absolute Gasteiger partial charge is 0.357 e. The van der Waals surface area contributed by atoms with Gasteiger partial charge in [0.2, 0.25) is 0 Å². The van der Waals surface area contributed by atoms with Crippen LogP contribution >= 0.6 is 0 Å². The molecule has 0 aromatic rings. The van der Waals surface area contributed by atoms with Crippen molar-refractivity contribution in [3.8, 4) is 0 Å². The van der Waals surface area contributed by atoms with Crippen LogP contribution in [0.5, 0.6) is 0 Å². The van der Waals surface area contributed by atoms with E-state index in [-0.39, 0.29) is 12.2 Å². The fourth-order valence-corrected chi connectivity index (χ4v) is 5.86. The third-order valence-electron chi connectivity index (χ3n) is 8.85. The van der Waals surface area contributed by atoms with Gasteiger partial charge in [-0.1, -0.05) is 194 Å². The summed E-state index contributed by atoms with van der Waals surface area (Å²) in [5.74, 6) is -2.47. The second kappa shape index (κ2) is 34.4. The molecule has 0 saturated heterocycles. The van der Waals surface area contributed by atoms with Gasteiger partial charge in [0.05, 0.1) is 0 Å². The standard InChI is InChI=1S/C38H72O6/c1-4-6-8-10-12-14-16-18-20-22-24-26-28-30-32-34-37(40)42-44-43-38(41)36(35(3)39)33-31-29-27-25-23-21-19-17-15-13-11-9-7-5-2/h36H,4-34H2,1-3H3. The number of hydrogen-bond donors (Lipinski definition) is 0. The van der Waals surface area contributed by atoms with E-state index >= 15 is 0 Å². The van der Waals surface area contributed by atoms with Crippen LogP contribution in [0.3, 0.4) is 0 Å². The topological polar surface area (TPSA) is 78.9 Å². The summed E-state index contributed by atoms with van der Waals surface area (Å²) >= 11 is 0. The van der Waals surface area contributed by atoms with E-state index in [0.29, 0.717) is 6.42 Å². The van der Waals surface area contributed by atoms with Crippen LogP contribution in [0, 0.1) is 5.92 Å². The molecule has 6 nitrogen and oxygen atoms in total. The minimum Gasteiger partial charge on any atom is -0.299 e. The highest BCUT2D eigenvalue weighted by Crippen LogP contribution is 2.17. The van der Waals surface area contributed by atoms with Gasteiger partial charge in [-0.3, -0.25) is 14.6 Å². The highest BCUT2D eigenvalue weighted by atomic mass is 17.5. The van der Waals surface area contributed by atoms with Crippen molar-refractivity contribution in [3.63, 3.8) is 0 Å². The molecule has 0 aliphatic carbocycles. The minimum atomic E-state index is -0.874. The van der Waals surface area contributed by atoms with Crippen molar-refractivity contribution in [1.82, 2.24) is 0 Å². The van der Waals surface area contributed by atoms with Crippen molar-refractivity contribution in [2.75, 3.05) is 0 Å². The SMILES string of the molecule is CCCCCCCCCCCCCCCCCC(=O)OOOC(=O)C(CCCCCCCCCCCCCCCC)C(C)=O. The van der Waals surface area contributed by atoms with Gasteiger partial charge in [0.1, 0.15) is 11.7 Å². The first-order valence-corrected chi connectivity index (χ1v) is 19.1. The molecular formula is C38H72O6. The first-order valence-electron chi connectivity index (χ1n) is 19.1. The zero-order valence-electron chi connectivity index (χ0n) is 29.4. The van der Waals surface area contributed by atoms with Gasteiger partial charge in [0.15, 0.2) is 0 Å². The van der Waals surface area contributed by atoms with Gasteiger partial charge >= 0.3 is 11.9 Å². The molecule has 0 N–H and O–H groups in total. The Hall–Kier alpha value is -1.43. The maximum absolute atomic E-state index is 12.3. The summed E-state index contributed by atoms with van der Waals surface area (Å²) in [6.07, 6.45) is 37.1. The van der Waals surface area contributed by atoms with Crippen LogP contribution in [0.1, 0.15) is 220 Å². The summed E-state index contributed by atoms with van der Waals surface area (Å²) in [7, 11) is 0. The van der Waals surface area contributed by atoms with E-state index < -0.39 is 17.9 Å². The molecule has 0 amide bonds. The molecule has 0 aliphatic heterocycles. The van der Waals surface area contributed by atoms with Gasteiger partial charge in [-0.15, -0.1) is 0 Å². The van der Waals surface area contributed by atoms with Crippen LogP contribution in [-0.4, -0.2) is 17.7 Å². The maximum Gasteiger partial charge on any atom is 0.357 e. The summed E-state index contributed by atoms with van der Waals surface area (Å²) in [6, 6.07) is 0. The lowest BCUT2D eigenvalue weighted by Crippen LogP contribution is -2.25. The van der Waals surface area contributed by atoms with E-state index in [2.05, 4.69) is 28.7 Å². The third-order valence-corrected chi connectivity index (χ3v) is 8.85. The molecule has 0 heterocycles. The molecule has 1 atom stereocenters. The average molecular weight is 625 g/mol. The molecule has 0 spiro atoms. The predicted molar refractivity (Wildman–Crippen MR) is 182 cm³/mol. The molecule has 0 aromatic carbocycles. The zero-order chi connectivity index (χ0) is 32.4. The monoisotopic (exact) mass is 625 g/mol. The number of carbonyl (C=O) groups excluding carboxylic acids is 3. The fraction of sp³-hybridized carbons (Fsp3) is 0.921. The Morgan fingerprint density at radius 1 is 0.432 bits per heavy atom. The molecule has 0 radical (unpaired) electrons. The normalized spacial score (nSPS) is 11.9. The van der Waals surface area contributed by atoms with Crippen molar-refractivity contribution < 1.29 is 29.2 Å². The van der Waals surface area contributed by atoms with Crippen LogP contribution in [-0.2, 0) is 29.2 Å². The van der Waals surface area contributed by atoms with Gasteiger partial charge in [-0.25, -0.2) is 9.59 Å². The van der Waals surface area contributed by atoms with Crippen LogP contribution < -0.4 is 0 Å². The van der Waals surface area contributed by atoms with Crippen LogP contribution in [0.15, 0.2) is 0 Å². The number of unbranched alkanes of at least 4 members (excludes halogenated alkanes) is 27. The third kappa shape index (κ3) is 30.6. The molecule has 0 saturated carbocycles. The van der Waals surface area contributed by atoms with E-state index in [9.17, 15) is 14.4 Å². The van der Waals surface area contributed by atoms with Crippen molar-refractivity contribution in [3.05, 3.63) is 0 Å².